The zero-order chi connectivity index (χ0) is 16.0. The Kier molecular flexibility index (Phi) is 5.75. The molecule has 0 spiro atoms. The molecule has 0 aliphatic heterocycles. The molecule has 0 saturated carbocycles. The van der Waals surface area contributed by atoms with Crippen LogP contribution in [0.25, 0.3) is 0 Å². The molecule has 0 aliphatic rings. The molecule has 0 aromatic heterocycles. The number of halogens is 3. The molecule has 0 saturated heterocycles. The molecular weight excluding hydrogens is 289 g/mol. The van der Waals surface area contributed by atoms with Crippen molar-refractivity contribution in [1.82, 2.24) is 0 Å². The third kappa shape index (κ3) is 4.77. The molecule has 0 unspecified atom stereocenters. The van der Waals surface area contributed by atoms with E-state index in [1.807, 2.05) is 0 Å². The van der Waals surface area contributed by atoms with E-state index in [1.165, 1.54) is 20.1 Å². The highest BCUT2D eigenvalue weighted by molar-refractivity contribution is 5.91. The predicted molar refractivity (Wildman–Crippen MR) is 67.7 cm³/mol. The van der Waals surface area contributed by atoms with Crippen molar-refractivity contribution in [3.05, 3.63) is 34.9 Å². The standard InChI is InChI=1S/C14H15F3O4/c1-3-21-13(19)10-6-4-9(5-7-12(18)20-2)8-11(10)14(15,16)17/h4,6,8H,3,5,7H2,1-2H3. The minimum Gasteiger partial charge on any atom is -0.469 e. The van der Waals surface area contributed by atoms with Crippen molar-refractivity contribution < 1.29 is 32.2 Å². The Hall–Kier alpha value is -2.05. The van der Waals surface area contributed by atoms with Crippen LogP contribution in [0.1, 0.15) is 34.8 Å². The normalized spacial score (nSPS) is 11.1. The Labute approximate surface area is 119 Å². The molecule has 21 heavy (non-hydrogen) atoms. The molecule has 0 radical (unpaired) electrons. The van der Waals surface area contributed by atoms with Crippen LogP contribution in [-0.2, 0) is 26.9 Å². The van der Waals surface area contributed by atoms with Gasteiger partial charge in [-0.1, -0.05) is 6.07 Å². The second-order valence-corrected chi connectivity index (χ2v) is 4.17. The van der Waals surface area contributed by atoms with Gasteiger partial charge in [0.25, 0.3) is 0 Å². The lowest BCUT2D eigenvalue weighted by Gasteiger charge is -2.13. The third-order valence-electron chi connectivity index (χ3n) is 2.73. The topological polar surface area (TPSA) is 52.6 Å². The van der Waals surface area contributed by atoms with Gasteiger partial charge in [0.15, 0.2) is 0 Å². The van der Waals surface area contributed by atoms with Crippen molar-refractivity contribution in [1.29, 1.82) is 0 Å². The van der Waals surface area contributed by atoms with Crippen LogP contribution < -0.4 is 0 Å². The van der Waals surface area contributed by atoms with Crippen molar-refractivity contribution in [2.75, 3.05) is 13.7 Å². The number of esters is 2. The van der Waals surface area contributed by atoms with Crippen LogP contribution >= 0.6 is 0 Å². The van der Waals surface area contributed by atoms with Gasteiger partial charge in [0.1, 0.15) is 0 Å². The molecule has 0 bridgehead atoms. The minimum atomic E-state index is -4.68. The third-order valence-corrected chi connectivity index (χ3v) is 2.73. The first kappa shape index (κ1) is 17.0. The Morgan fingerprint density at radius 1 is 1.24 bits per heavy atom. The molecule has 0 atom stereocenters. The van der Waals surface area contributed by atoms with Crippen molar-refractivity contribution in [2.24, 2.45) is 0 Å². The highest BCUT2D eigenvalue weighted by Crippen LogP contribution is 2.33. The van der Waals surface area contributed by atoms with Gasteiger partial charge in [-0.2, -0.15) is 13.2 Å². The molecule has 1 aromatic rings. The van der Waals surface area contributed by atoms with Crippen LogP contribution in [-0.4, -0.2) is 25.7 Å². The Bertz CT molecular complexity index is 523. The maximum Gasteiger partial charge on any atom is 0.417 e. The fourth-order valence-corrected chi connectivity index (χ4v) is 1.72. The maximum atomic E-state index is 13.0. The number of hydrogen-bond acceptors (Lipinski definition) is 4. The first-order valence-corrected chi connectivity index (χ1v) is 6.23. The van der Waals surface area contributed by atoms with Gasteiger partial charge in [-0.3, -0.25) is 4.79 Å². The molecule has 0 N–H and O–H groups in total. The van der Waals surface area contributed by atoms with Gasteiger partial charge in [0.2, 0.25) is 0 Å². The van der Waals surface area contributed by atoms with Gasteiger partial charge in [-0.15, -0.1) is 0 Å². The van der Waals surface area contributed by atoms with E-state index < -0.39 is 29.2 Å². The molecule has 0 heterocycles. The molecule has 7 heteroatoms. The quantitative estimate of drug-likeness (QED) is 0.785. The van der Waals surface area contributed by atoms with Crippen LogP contribution in [0.2, 0.25) is 0 Å². The van der Waals surface area contributed by atoms with Crippen molar-refractivity contribution in [2.45, 2.75) is 25.9 Å². The summed E-state index contributed by atoms with van der Waals surface area (Å²) in [4.78, 5) is 22.5. The molecule has 116 valence electrons. The van der Waals surface area contributed by atoms with Gasteiger partial charge in [0.05, 0.1) is 24.8 Å². The van der Waals surface area contributed by atoms with Crippen LogP contribution in [0.15, 0.2) is 18.2 Å². The van der Waals surface area contributed by atoms with Gasteiger partial charge in [-0.25, -0.2) is 4.79 Å². The Morgan fingerprint density at radius 2 is 1.90 bits per heavy atom. The summed E-state index contributed by atoms with van der Waals surface area (Å²) in [6.07, 6.45) is -4.62. The van der Waals surface area contributed by atoms with Gasteiger partial charge in [0, 0.05) is 6.42 Å². The number of carbonyl (C=O) groups is 2. The number of rotatable bonds is 5. The zero-order valence-corrected chi connectivity index (χ0v) is 11.6. The maximum absolute atomic E-state index is 13.0. The van der Waals surface area contributed by atoms with Crippen molar-refractivity contribution >= 4 is 11.9 Å². The van der Waals surface area contributed by atoms with E-state index in [9.17, 15) is 22.8 Å². The first-order chi connectivity index (χ1) is 9.79. The second kappa shape index (κ2) is 7.10. The Balaban J connectivity index is 3.07. The summed E-state index contributed by atoms with van der Waals surface area (Å²) >= 11 is 0. The first-order valence-electron chi connectivity index (χ1n) is 6.23. The predicted octanol–water partition coefficient (Wildman–Crippen LogP) is 2.99. The van der Waals surface area contributed by atoms with Crippen molar-refractivity contribution in [3.8, 4) is 0 Å². The van der Waals surface area contributed by atoms with Crippen LogP contribution in [0.4, 0.5) is 13.2 Å². The van der Waals surface area contributed by atoms with Gasteiger partial charge >= 0.3 is 18.1 Å². The number of ether oxygens (including phenoxy) is 2. The summed E-state index contributed by atoms with van der Waals surface area (Å²) < 4.78 is 48.0. The van der Waals surface area contributed by atoms with E-state index in [-0.39, 0.29) is 19.4 Å². The average molecular weight is 304 g/mol. The van der Waals surface area contributed by atoms with E-state index in [4.69, 9.17) is 0 Å². The van der Waals surface area contributed by atoms with Crippen LogP contribution in [0.5, 0.6) is 0 Å². The van der Waals surface area contributed by atoms with Gasteiger partial charge in [-0.05, 0) is 31.0 Å². The SMILES string of the molecule is CCOC(=O)c1ccc(CCC(=O)OC)cc1C(F)(F)F. The van der Waals surface area contributed by atoms with Crippen molar-refractivity contribution in [3.63, 3.8) is 0 Å². The molecular formula is C14H15F3O4. The largest absolute Gasteiger partial charge is 0.469 e. The summed E-state index contributed by atoms with van der Waals surface area (Å²) in [5, 5.41) is 0. The summed E-state index contributed by atoms with van der Waals surface area (Å²) in [7, 11) is 1.20. The lowest BCUT2D eigenvalue weighted by atomic mass is 10.0. The lowest BCUT2D eigenvalue weighted by Crippen LogP contribution is -2.16. The van der Waals surface area contributed by atoms with E-state index in [1.54, 1.807) is 0 Å². The molecule has 0 amide bonds. The minimum absolute atomic E-state index is 0.0137. The number of aryl methyl sites for hydroxylation is 1. The second-order valence-electron chi connectivity index (χ2n) is 4.17. The number of methoxy groups -OCH3 is 1. The number of benzene rings is 1. The van der Waals surface area contributed by atoms with E-state index in [0.717, 1.165) is 12.1 Å². The number of hydrogen-bond donors (Lipinski definition) is 0. The van der Waals surface area contributed by atoms with E-state index >= 15 is 0 Å². The highest BCUT2D eigenvalue weighted by atomic mass is 19.4. The summed E-state index contributed by atoms with van der Waals surface area (Å²) in [6.45, 7) is 1.50. The van der Waals surface area contributed by atoms with Crippen LogP contribution in [0, 0.1) is 0 Å². The molecule has 1 aromatic carbocycles. The average Bonchev–Trinajstić information content (AvgIpc) is 2.43. The summed E-state index contributed by atoms with van der Waals surface area (Å²) in [5.74, 6) is -1.54. The van der Waals surface area contributed by atoms with E-state index in [0.29, 0.717) is 5.56 Å². The summed E-state index contributed by atoms with van der Waals surface area (Å²) in [6, 6.07) is 3.28. The molecule has 0 aliphatic carbocycles. The monoisotopic (exact) mass is 304 g/mol. The fourth-order valence-electron chi connectivity index (χ4n) is 1.72. The number of alkyl halides is 3. The lowest BCUT2D eigenvalue weighted by molar-refractivity contribution is -0.140. The number of carbonyl (C=O) groups excluding carboxylic acids is 2. The molecule has 1 rings (SSSR count). The fraction of sp³-hybridized carbons (Fsp3) is 0.429. The molecule has 4 nitrogen and oxygen atoms in total. The highest BCUT2D eigenvalue weighted by Gasteiger charge is 2.35. The molecule has 0 fully saturated rings. The van der Waals surface area contributed by atoms with Crippen LogP contribution in [0.3, 0.4) is 0 Å². The summed E-state index contributed by atoms with van der Waals surface area (Å²) in [5.41, 5.74) is -1.31. The van der Waals surface area contributed by atoms with E-state index in [2.05, 4.69) is 9.47 Å². The van der Waals surface area contributed by atoms with Gasteiger partial charge < -0.3 is 9.47 Å². The zero-order valence-electron chi connectivity index (χ0n) is 11.6. The Morgan fingerprint density at radius 3 is 2.43 bits per heavy atom. The smallest absolute Gasteiger partial charge is 0.417 e.